The highest BCUT2D eigenvalue weighted by atomic mass is 16.5. The molecule has 2 atom stereocenters. The Kier molecular flexibility index (Phi) is 10.3. The molecule has 13 heteroatoms. The Labute approximate surface area is 286 Å². The van der Waals surface area contributed by atoms with Gasteiger partial charge in [-0.3, -0.25) is 14.0 Å². The summed E-state index contributed by atoms with van der Waals surface area (Å²) in [6, 6.07) is 13.7. The molecule has 258 valence electrons. The third kappa shape index (κ3) is 7.72. The Hall–Kier alpha value is -5.30. The molecular formula is C36H45N9O4. The number of ether oxygens (including phenoxy) is 1. The Balaban J connectivity index is 1.38. The number of carbonyl (C=O) groups is 3. The third-order valence-corrected chi connectivity index (χ3v) is 8.35. The van der Waals surface area contributed by atoms with E-state index >= 15 is 0 Å². The van der Waals surface area contributed by atoms with Gasteiger partial charge in [-0.1, -0.05) is 45.0 Å². The molecule has 0 fully saturated rings. The number of anilines is 2. The second kappa shape index (κ2) is 14.4. The summed E-state index contributed by atoms with van der Waals surface area (Å²) in [5.41, 5.74) is 1.31. The molecule has 0 saturated heterocycles. The van der Waals surface area contributed by atoms with Crippen molar-refractivity contribution in [1.82, 2.24) is 35.1 Å². The van der Waals surface area contributed by atoms with E-state index in [0.29, 0.717) is 47.7 Å². The average Bonchev–Trinajstić information content (AvgIpc) is 3.48. The van der Waals surface area contributed by atoms with Crippen molar-refractivity contribution in [3.63, 3.8) is 0 Å². The van der Waals surface area contributed by atoms with Crippen molar-refractivity contribution in [2.45, 2.75) is 51.7 Å². The second-order valence-electron chi connectivity index (χ2n) is 13.3. The molecule has 0 radical (unpaired) electrons. The monoisotopic (exact) mass is 667 g/mol. The summed E-state index contributed by atoms with van der Waals surface area (Å²) >= 11 is 0. The number of amides is 3. The maximum absolute atomic E-state index is 13.6. The number of hydrogen-bond acceptors (Lipinski definition) is 9. The van der Waals surface area contributed by atoms with E-state index < -0.39 is 23.1 Å². The van der Waals surface area contributed by atoms with Gasteiger partial charge in [0.05, 0.1) is 6.20 Å². The van der Waals surface area contributed by atoms with E-state index in [4.69, 9.17) is 4.74 Å². The standard InChI is InChI=1S/C36H45N9O4/c1-8-44(9-2)34-42-41-31-15-14-25(22-45(31)34)49-29-16-17-36(23-46,27-13-11-10-12-26(27)29)40-33(48)38-24-20-28(32(47)37-18-19-43(6)7)39-30(21-24)35(3,4)5/h10-17,20-23,29H,8-9,18-19H2,1-7H3,(H,37,47)(H2,38,39,40,48)/t29-,36-/m1/s1. The van der Waals surface area contributed by atoms with Gasteiger partial charge >= 0.3 is 6.03 Å². The number of likely N-dealkylation sites (N-methyl/N-ethyl adjacent to an activating group) is 1. The van der Waals surface area contributed by atoms with Gasteiger partial charge in [-0.2, -0.15) is 0 Å². The van der Waals surface area contributed by atoms with Crippen LogP contribution in [0.4, 0.5) is 16.4 Å². The molecule has 3 heterocycles. The van der Waals surface area contributed by atoms with Crippen molar-refractivity contribution in [3.05, 3.63) is 89.4 Å². The van der Waals surface area contributed by atoms with E-state index in [-0.39, 0.29) is 11.6 Å². The molecule has 0 saturated carbocycles. The van der Waals surface area contributed by atoms with Crippen molar-refractivity contribution in [2.75, 3.05) is 50.5 Å². The van der Waals surface area contributed by atoms with Crippen LogP contribution in [0.1, 0.15) is 68.0 Å². The molecule has 3 aromatic heterocycles. The third-order valence-electron chi connectivity index (χ3n) is 8.35. The molecule has 13 nitrogen and oxygen atoms in total. The molecule has 3 N–H and O–H groups in total. The minimum atomic E-state index is -1.47. The van der Waals surface area contributed by atoms with Gasteiger partial charge in [0, 0.05) is 48.5 Å². The Morgan fingerprint density at radius 2 is 1.82 bits per heavy atom. The number of nitrogens with one attached hydrogen (secondary N) is 3. The maximum atomic E-state index is 13.6. The summed E-state index contributed by atoms with van der Waals surface area (Å²) in [4.78, 5) is 48.0. The highest BCUT2D eigenvalue weighted by molar-refractivity contribution is 5.96. The van der Waals surface area contributed by atoms with E-state index in [9.17, 15) is 14.4 Å². The molecule has 49 heavy (non-hydrogen) atoms. The van der Waals surface area contributed by atoms with Gasteiger partial charge < -0.3 is 30.5 Å². The number of aldehydes is 1. The molecule has 5 rings (SSSR count). The molecular weight excluding hydrogens is 622 g/mol. The lowest BCUT2D eigenvalue weighted by Gasteiger charge is -2.34. The lowest BCUT2D eigenvalue weighted by Crippen LogP contribution is -2.49. The zero-order valence-electron chi connectivity index (χ0n) is 29.2. The lowest BCUT2D eigenvalue weighted by molar-refractivity contribution is -0.111. The van der Waals surface area contributed by atoms with Crippen LogP contribution in [0.25, 0.3) is 5.65 Å². The number of fused-ring (bicyclic) bond motifs is 2. The van der Waals surface area contributed by atoms with Crippen LogP contribution in [0.15, 0.2) is 66.9 Å². The molecule has 1 aliphatic rings. The van der Waals surface area contributed by atoms with Crippen LogP contribution in [0.3, 0.4) is 0 Å². The topological polar surface area (TPSA) is 146 Å². The molecule has 0 unspecified atom stereocenters. The van der Waals surface area contributed by atoms with Crippen molar-refractivity contribution in [3.8, 4) is 5.75 Å². The van der Waals surface area contributed by atoms with E-state index in [1.54, 1.807) is 24.3 Å². The highest BCUT2D eigenvalue weighted by Gasteiger charge is 2.38. The number of nitrogens with zero attached hydrogens (tertiary/aromatic N) is 6. The number of rotatable bonds is 12. The van der Waals surface area contributed by atoms with E-state index in [2.05, 4.69) is 49.9 Å². The SMILES string of the molecule is CCN(CC)c1nnc2ccc(O[C@@H]3C=C[C@](C=O)(NC(=O)Nc4cc(C(=O)NCCN(C)C)nc(C(C)(C)C)c4)c4ccccc43)cn12. The van der Waals surface area contributed by atoms with Gasteiger partial charge in [0.15, 0.2) is 11.9 Å². The largest absolute Gasteiger partial charge is 0.480 e. The minimum absolute atomic E-state index is 0.184. The number of carbonyl (C=O) groups excluding carboxylic acids is 3. The van der Waals surface area contributed by atoms with Crippen molar-refractivity contribution in [1.29, 1.82) is 0 Å². The van der Waals surface area contributed by atoms with Crippen LogP contribution in [0.5, 0.6) is 5.75 Å². The Morgan fingerprint density at radius 1 is 1.06 bits per heavy atom. The molecule has 1 aliphatic carbocycles. The fourth-order valence-corrected chi connectivity index (χ4v) is 5.63. The van der Waals surface area contributed by atoms with Gasteiger partial charge in [0.25, 0.3) is 5.91 Å². The first-order chi connectivity index (χ1) is 23.4. The van der Waals surface area contributed by atoms with Gasteiger partial charge in [-0.05, 0) is 69.9 Å². The quantitative estimate of drug-likeness (QED) is 0.147. The van der Waals surface area contributed by atoms with Gasteiger partial charge in [-0.15, -0.1) is 10.2 Å². The summed E-state index contributed by atoms with van der Waals surface area (Å²) < 4.78 is 8.34. The zero-order valence-corrected chi connectivity index (χ0v) is 29.2. The van der Waals surface area contributed by atoms with Crippen molar-refractivity contribution < 1.29 is 19.1 Å². The van der Waals surface area contributed by atoms with Crippen molar-refractivity contribution in [2.24, 2.45) is 0 Å². The fraction of sp³-hybridized carbons (Fsp3) is 0.389. The normalized spacial score (nSPS) is 17.0. The molecule has 4 aromatic rings. The first-order valence-electron chi connectivity index (χ1n) is 16.4. The van der Waals surface area contributed by atoms with E-state index in [1.165, 1.54) is 6.07 Å². The van der Waals surface area contributed by atoms with Gasteiger partial charge in [0.2, 0.25) is 5.95 Å². The van der Waals surface area contributed by atoms with Crippen LogP contribution in [0, 0.1) is 0 Å². The van der Waals surface area contributed by atoms with Crippen molar-refractivity contribution >= 4 is 35.5 Å². The average molecular weight is 668 g/mol. The molecule has 3 amide bonds. The Bertz CT molecular complexity index is 1860. The smallest absolute Gasteiger partial charge is 0.320 e. The molecule has 1 aromatic carbocycles. The predicted octanol–water partition coefficient (Wildman–Crippen LogP) is 4.47. The van der Waals surface area contributed by atoms with Crippen LogP contribution < -0.4 is 25.6 Å². The van der Waals surface area contributed by atoms with Gasteiger partial charge in [-0.25, -0.2) is 9.78 Å². The van der Waals surface area contributed by atoms with Crippen LogP contribution >= 0.6 is 0 Å². The number of urea groups is 1. The summed E-state index contributed by atoms with van der Waals surface area (Å²) in [6.45, 7) is 12.7. The number of hydrogen-bond donors (Lipinski definition) is 3. The van der Waals surface area contributed by atoms with Crippen LogP contribution in [-0.4, -0.2) is 83.0 Å². The summed E-state index contributed by atoms with van der Waals surface area (Å²) in [5, 5.41) is 17.2. The van der Waals surface area contributed by atoms with Gasteiger partial charge in [0.1, 0.15) is 23.1 Å². The fourth-order valence-electron chi connectivity index (χ4n) is 5.63. The Morgan fingerprint density at radius 3 is 2.51 bits per heavy atom. The second-order valence-corrected chi connectivity index (χ2v) is 13.3. The zero-order chi connectivity index (χ0) is 35.3. The van der Waals surface area contributed by atoms with E-state index in [0.717, 1.165) is 24.6 Å². The number of pyridine rings is 2. The first-order valence-corrected chi connectivity index (χ1v) is 16.4. The number of benzene rings is 1. The number of aromatic nitrogens is 4. The first kappa shape index (κ1) is 35.0. The highest BCUT2D eigenvalue weighted by Crippen LogP contribution is 2.37. The molecule has 0 aliphatic heterocycles. The van der Waals surface area contributed by atoms with Crippen LogP contribution in [0.2, 0.25) is 0 Å². The predicted molar refractivity (Wildman–Crippen MR) is 189 cm³/mol. The lowest BCUT2D eigenvalue weighted by atomic mass is 9.81. The summed E-state index contributed by atoms with van der Waals surface area (Å²) in [6.07, 6.45) is 5.42. The molecule has 0 bridgehead atoms. The summed E-state index contributed by atoms with van der Waals surface area (Å²) in [7, 11) is 3.85. The minimum Gasteiger partial charge on any atom is -0.480 e. The maximum Gasteiger partial charge on any atom is 0.320 e. The van der Waals surface area contributed by atoms with Crippen LogP contribution in [-0.2, 0) is 15.7 Å². The van der Waals surface area contributed by atoms with E-state index in [1.807, 2.05) is 80.7 Å². The summed E-state index contributed by atoms with van der Waals surface area (Å²) in [5.74, 6) is 0.966. The molecule has 0 spiro atoms.